The van der Waals surface area contributed by atoms with Crippen LogP contribution in [0.1, 0.15) is 51.1 Å². The van der Waals surface area contributed by atoms with E-state index >= 15 is 0 Å². The highest BCUT2D eigenvalue weighted by molar-refractivity contribution is 5.85. The molecule has 0 fully saturated rings. The fourth-order valence-corrected chi connectivity index (χ4v) is 6.14. The summed E-state index contributed by atoms with van der Waals surface area (Å²) >= 11 is 0. The number of hydrogen-bond donors (Lipinski definition) is 4. The van der Waals surface area contributed by atoms with Gasteiger partial charge in [0.1, 0.15) is 5.76 Å². The summed E-state index contributed by atoms with van der Waals surface area (Å²) in [5, 5.41) is 13.9. The predicted molar refractivity (Wildman–Crippen MR) is 122 cm³/mol. The van der Waals surface area contributed by atoms with Crippen LogP contribution in [-0.2, 0) is 11.3 Å². The first kappa shape index (κ1) is 19.4. The monoisotopic (exact) mass is 428 g/mol. The Balaban J connectivity index is 1.30. The lowest BCUT2D eigenvalue weighted by Gasteiger charge is -2.43. The Hall–Kier alpha value is -3.28. The van der Waals surface area contributed by atoms with Gasteiger partial charge in [0, 0.05) is 28.5 Å². The molecule has 0 bridgehead atoms. The van der Waals surface area contributed by atoms with Crippen molar-refractivity contribution in [1.82, 2.24) is 21.2 Å². The number of fused-ring (bicyclic) bond motifs is 4. The van der Waals surface area contributed by atoms with Crippen molar-refractivity contribution in [3.63, 3.8) is 0 Å². The molecule has 0 radical (unpaired) electrons. The molecule has 2 heterocycles. The quantitative estimate of drug-likeness (QED) is 0.585. The number of allylic oxidation sites excluding steroid dienone is 8. The number of carbonyl (C=O) groups is 1. The Bertz CT molecular complexity index is 1170. The van der Waals surface area contributed by atoms with Crippen LogP contribution in [0.5, 0.6) is 0 Å². The van der Waals surface area contributed by atoms with Gasteiger partial charge >= 0.3 is 0 Å². The van der Waals surface area contributed by atoms with Gasteiger partial charge in [0.05, 0.1) is 23.9 Å². The maximum Gasteiger partial charge on any atom is 0.227 e. The molecule has 0 spiro atoms. The summed E-state index contributed by atoms with van der Waals surface area (Å²) in [6, 6.07) is 5.73. The van der Waals surface area contributed by atoms with Gasteiger partial charge in [-0.3, -0.25) is 9.78 Å². The Morgan fingerprint density at radius 2 is 2.25 bits per heavy atom. The van der Waals surface area contributed by atoms with E-state index in [4.69, 9.17) is 0 Å². The van der Waals surface area contributed by atoms with Crippen LogP contribution in [0.2, 0.25) is 0 Å². The minimum Gasteiger partial charge on any atom is -0.508 e. The Kier molecular flexibility index (Phi) is 4.32. The molecule has 4 N–H and O–H groups in total. The van der Waals surface area contributed by atoms with Crippen molar-refractivity contribution in [3.05, 3.63) is 87.3 Å². The van der Waals surface area contributed by atoms with Crippen molar-refractivity contribution < 1.29 is 9.90 Å². The molecule has 0 saturated heterocycles. The minimum atomic E-state index is -0.204. The molecule has 0 aromatic carbocycles. The molecule has 6 heteroatoms. The Morgan fingerprint density at radius 1 is 1.34 bits per heavy atom. The number of nitrogens with zero attached hydrogens (tertiary/aromatic N) is 1. The van der Waals surface area contributed by atoms with Gasteiger partial charge in [0.15, 0.2) is 0 Å². The number of aliphatic hydroxyl groups is 1. The van der Waals surface area contributed by atoms with E-state index in [1.165, 1.54) is 11.1 Å². The smallest absolute Gasteiger partial charge is 0.227 e. The molecule has 1 aromatic rings. The van der Waals surface area contributed by atoms with Crippen LogP contribution >= 0.6 is 0 Å². The lowest BCUT2D eigenvalue weighted by atomic mass is 9.66. The molecule has 2 atom stereocenters. The normalized spacial score (nSPS) is 28.1. The molecule has 1 amide bonds. The summed E-state index contributed by atoms with van der Waals surface area (Å²) in [6.45, 7) is 2.66. The van der Waals surface area contributed by atoms with Gasteiger partial charge in [-0.2, -0.15) is 0 Å². The van der Waals surface area contributed by atoms with Crippen molar-refractivity contribution in [2.75, 3.05) is 0 Å². The van der Waals surface area contributed by atoms with Gasteiger partial charge in [-0.1, -0.05) is 17.7 Å². The number of pyridine rings is 1. The number of aromatic nitrogens is 1. The summed E-state index contributed by atoms with van der Waals surface area (Å²) in [5.41, 5.74) is 15.6. The van der Waals surface area contributed by atoms with E-state index in [0.29, 0.717) is 12.3 Å². The summed E-state index contributed by atoms with van der Waals surface area (Å²) in [7, 11) is 0. The molecule has 0 saturated carbocycles. The summed E-state index contributed by atoms with van der Waals surface area (Å²) in [6.07, 6.45) is 11.6. The van der Waals surface area contributed by atoms with Crippen LogP contribution < -0.4 is 16.2 Å². The second-order valence-electron chi connectivity index (χ2n) is 9.59. The second-order valence-corrected chi connectivity index (χ2v) is 9.59. The largest absolute Gasteiger partial charge is 0.508 e. The number of rotatable bonds is 3. The second kappa shape index (κ2) is 7.12. The van der Waals surface area contributed by atoms with Crippen LogP contribution in [0.25, 0.3) is 0 Å². The van der Waals surface area contributed by atoms with Crippen molar-refractivity contribution in [1.29, 1.82) is 0 Å². The van der Waals surface area contributed by atoms with Crippen molar-refractivity contribution >= 4 is 5.91 Å². The summed E-state index contributed by atoms with van der Waals surface area (Å²) in [4.78, 5) is 17.4. The number of hydrogen-bond acceptors (Lipinski definition) is 5. The number of amides is 1. The molecule has 6 rings (SSSR count). The van der Waals surface area contributed by atoms with Gasteiger partial charge in [-0.05, 0) is 74.8 Å². The average Bonchev–Trinajstić information content (AvgIpc) is 3.38. The average molecular weight is 429 g/mol. The molecule has 164 valence electrons. The molecule has 32 heavy (non-hydrogen) atoms. The van der Waals surface area contributed by atoms with E-state index < -0.39 is 0 Å². The lowest BCUT2D eigenvalue weighted by molar-refractivity contribution is -0.124. The van der Waals surface area contributed by atoms with Gasteiger partial charge in [-0.15, -0.1) is 0 Å². The maximum absolute atomic E-state index is 13.1. The number of carbonyl (C=O) groups excluding carboxylic acids is 1. The molecule has 5 aliphatic rings. The van der Waals surface area contributed by atoms with E-state index in [1.54, 1.807) is 6.20 Å². The van der Waals surface area contributed by atoms with Crippen LogP contribution in [0.3, 0.4) is 0 Å². The molecule has 6 nitrogen and oxygen atoms in total. The van der Waals surface area contributed by atoms with E-state index in [0.717, 1.165) is 72.3 Å². The summed E-state index contributed by atoms with van der Waals surface area (Å²) < 4.78 is 0. The van der Waals surface area contributed by atoms with Crippen molar-refractivity contribution in [2.45, 2.75) is 52.0 Å². The highest BCUT2D eigenvalue weighted by atomic mass is 16.3. The van der Waals surface area contributed by atoms with Gasteiger partial charge in [0.2, 0.25) is 5.91 Å². The molecular weight excluding hydrogens is 400 g/mol. The van der Waals surface area contributed by atoms with E-state index in [1.807, 2.05) is 24.3 Å². The predicted octanol–water partition coefficient (Wildman–Crippen LogP) is 4.00. The Morgan fingerprint density at radius 3 is 3.09 bits per heavy atom. The van der Waals surface area contributed by atoms with E-state index in [2.05, 4.69) is 34.2 Å². The SMILES string of the molecule is CC12CCCC=C1C(O)=CC1=C2NNC2=C1CC1=C2C(C(=O)NCc2ccccn2)CC1. The standard InChI is InChI=1S/C26H28N4O2/c1-26-10-4-2-7-20(26)21(31)13-19-18-12-15-8-9-17(22(15)23(18)29-30-24(19)26)25(32)28-14-16-6-3-5-11-27-16/h3,5-7,11,13,17,29-31H,2,4,8-10,12,14H2,1H3,(H,28,32). The first-order chi connectivity index (χ1) is 15.6. The zero-order chi connectivity index (χ0) is 21.9. The van der Waals surface area contributed by atoms with Crippen LogP contribution in [-0.4, -0.2) is 16.0 Å². The van der Waals surface area contributed by atoms with Gasteiger partial charge in [0.25, 0.3) is 0 Å². The maximum atomic E-state index is 13.1. The minimum absolute atomic E-state index is 0.0578. The Labute approximate surface area is 187 Å². The number of nitrogens with one attached hydrogen (secondary N) is 3. The van der Waals surface area contributed by atoms with Crippen LogP contribution in [0.15, 0.2) is 81.6 Å². The van der Waals surface area contributed by atoms with Crippen LogP contribution in [0, 0.1) is 11.3 Å². The molecular formula is C26H28N4O2. The zero-order valence-corrected chi connectivity index (χ0v) is 18.3. The van der Waals surface area contributed by atoms with E-state index in [-0.39, 0.29) is 17.2 Å². The highest BCUT2D eigenvalue weighted by Crippen LogP contribution is 2.54. The molecule has 1 aromatic heterocycles. The zero-order valence-electron chi connectivity index (χ0n) is 18.3. The number of aliphatic hydroxyl groups excluding tert-OH is 1. The highest BCUT2D eigenvalue weighted by Gasteiger charge is 2.46. The third-order valence-corrected chi connectivity index (χ3v) is 7.75. The molecule has 1 aliphatic heterocycles. The van der Waals surface area contributed by atoms with Crippen molar-refractivity contribution in [3.8, 4) is 0 Å². The fourth-order valence-electron chi connectivity index (χ4n) is 6.14. The number of hydrazine groups is 1. The lowest BCUT2D eigenvalue weighted by Crippen LogP contribution is -2.45. The third kappa shape index (κ3) is 2.78. The van der Waals surface area contributed by atoms with Gasteiger partial charge in [-0.25, -0.2) is 0 Å². The first-order valence-corrected chi connectivity index (χ1v) is 11.6. The fraction of sp³-hybridized carbons (Fsp3) is 0.385. The molecule has 4 aliphatic carbocycles. The summed E-state index contributed by atoms with van der Waals surface area (Å²) in [5.74, 6) is 0.292. The third-order valence-electron chi connectivity index (χ3n) is 7.75. The van der Waals surface area contributed by atoms with E-state index in [9.17, 15) is 9.90 Å². The van der Waals surface area contributed by atoms with Crippen LogP contribution in [0.4, 0.5) is 0 Å². The van der Waals surface area contributed by atoms with Gasteiger partial charge < -0.3 is 21.3 Å². The molecule has 2 unspecified atom stereocenters. The first-order valence-electron chi connectivity index (χ1n) is 11.6. The topological polar surface area (TPSA) is 86.3 Å². The van der Waals surface area contributed by atoms with Crippen molar-refractivity contribution in [2.24, 2.45) is 11.3 Å².